The Morgan fingerprint density at radius 2 is 1.75 bits per heavy atom. The average Bonchev–Trinajstić information content (AvgIpc) is 3.16. The first kappa shape index (κ1) is 16.5. The number of carbonyl (C=O) groups is 2. The first-order valence-electron chi connectivity index (χ1n) is 8.25. The van der Waals surface area contributed by atoms with Crippen LogP contribution < -0.4 is 0 Å². The monoisotopic (exact) mass is 326 g/mol. The lowest BCUT2D eigenvalue weighted by atomic mass is 9.97. The van der Waals surface area contributed by atoms with Crippen LogP contribution in [0.2, 0.25) is 0 Å². The summed E-state index contributed by atoms with van der Waals surface area (Å²) >= 11 is 0. The number of H-pyrrole nitrogens is 1. The summed E-state index contributed by atoms with van der Waals surface area (Å²) in [5.41, 5.74) is 1.84. The van der Waals surface area contributed by atoms with E-state index in [1.54, 1.807) is 49.8 Å². The smallest absolute Gasteiger partial charge is 0.253 e. The molecule has 2 aromatic rings. The second kappa shape index (κ2) is 7.45. The van der Waals surface area contributed by atoms with E-state index in [0.29, 0.717) is 22.6 Å². The molecule has 0 saturated carbocycles. The molecule has 0 radical (unpaired) electrons. The standard InChI is InChI=1S/C19H22N2O3/c1-24-13-14-7-10-21(11-8-14)19(23)16-4-2-15(3-5-16)18(22)17-6-9-20-12-17/h2-6,9,12,14,20H,7-8,10-11,13H2,1H3. The number of ketones is 1. The lowest BCUT2D eigenvalue weighted by Gasteiger charge is -2.31. The van der Waals surface area contributed by atoms with Gasteiger partial charge in [-0.05, 0) is 37.0 Å². The number of aromatic amines is 1. The normalized spacial score (nSPS) is 15.5. The van der Waals surface area contributed by atoms with Gasteiger partial charge >= 0.3 is 0 Å². The van der Waals surface area contributed by atoms with E-state index in [1.807, 2.05) is 4.90 Å². The molecule has 0 atom stereocenters. The van der Waals surface area contributed by atoms with E-state index >= 15 is 0 Å². The molecule has 2 heterocycles. The fraction of sp³-hybridized carbons (Fsp3) is 0.368. The van der Waals surface area contributed by atoms with Crippen molar-refractivity contribution in [2.75, 3.05) is 26.8 Å². The van der Waals surface area contributed by atoms with Crippen molar-refractivity contribution in [1.82, 2.24) is 9.88 Å². The molecule has 126 valence electrons. The van der Waals surface area contributed by atoms with Gasteiger partial charge in [-0.25, -0.2) is 0 Å². The van der Waals surface area contributed by atoms with Gasteiger partial charge in [-0.15, -0.1) is 0 Å². The Kier molecular flexibility index (Phi) is 5.11. The van der Waals surface area contributed by atoms with Gasteiger partial charge in [0.05, 0.1) is 0 Å². The quantitative estimate of drug-likeness (QED) is 0.859. The average molecular weight is 326 g/mol. The third-order valence-corrected chi connectivity index (χ3v) is 4.56. The molecule has 1 aliphatic heterocycles. The van der Waals surface area contributed by atoms with Gasteiger partial charge in [0.1, 0.15) is 0 Å². The van der Waals surface area contributed by atoms with Crippen LogP contribution >= 0.6 is 0 Å². The fourth-order valence-electron chi connectivity index (χ4n) is 3.12. The molecule has 5 heteroatoms. The number of carbonyl (C=O) groups excluding carboxylic acids is 2. The minimum atomic E-state index is -0.0457. The van der Waals surface area contributed by atoms with Crippen LogP contribution in [0.25, 0.3) is 0 Å². The van der Waals surface area contributed by atoms with Crippen molar-refractivity contribution in [3.05, 3.63) is 59.4 Å². The molecular weight excluding hydrogens is 304 g/mol. The molecule has 1 aliphatic rings. The van der Waals surface area contributed by atoms with Crippen molar-refractivity contribution >= 4 is 11.7 Å². The van der Waals surface area contributed by atoms with Crippen LogP contribution in [-0.2, 0) is 4.74 Å². The molecule has 1 N–H and O–H groups in total. The number of methoxy groups -OCH3 is 1. The lowest BCUT2D eigenvalue weighted by Crippen LogP contribution is -2.39. The van der Waals surface area contributed by atoms with Crippen LogP contribution in [0, 0.1) is 5.92 Å². The number of aromatic nitrogens is 1. The summed E-state index contributed by atoms with van der Waals surface area (Å²) in [4.78, 5) is 29.6. The van der Waals surface area contributed by atoms with Crippen molar-refractivity contribution in [2.24, 2.45) is 5.92 Å². The van der Waals surface area contributed by atoms with E-state index in [4.69, 9.17) is 4.74 Å². The Hall–Kier alpha value is -2.40. The van der Waals surface area contributed by atoms with E-state index in [2.05, 4.69) is 4.98 Å². The fourth-order valence-corrected chi connectivity index (χ4v) is 3.12. The second-order valence-electron chi connectivity index (χ2n) is 6.20. The molecule has 24 heavy (non-hydrogen) atoms. The van der Waals surface area contributed by atoms with Gasteiger partial charge in [0.15, 0.2) is 5.78 Å². The summed E-state index contributed by atoms with van der Waals surface area (Å²) in [6.07, 6.45) is 5.34. The summed E-state index contributed by atoms with van der Waals surface area (Å²) in [5, 5.41) is 0. The number of benzene rings is 1. The van der Waals surface area contributed by atoms with E-state index in [9.17, 15) is 9.59 Å². The molecule has 1 saturated heterocycles. The van der Waals surface area contributed by atoms with E-state index < -0.39 is 0 Å². The van der Waals surface area contributed by atoms with Crippen LogP contribution in [0.1, 0.15) is 39.1 Å². The Labute approximate surface area is 141 Å². The molecule has 1 aromatic carbocycles. The molecule has 5 nitrogen and oxygen atoms in total. The SMILES string of the molecule is COCC1CCN(C(=O)c2ccc(C(=O)c3cc[nH]c3)cc2)CC1. The van der Waals surface area contributed by atoms with E-state index in [-0.39, 0.29) is 11.7 Å². The van der Waals surface area contributed by atoms with E-state index in [0.717, 1.165) is 32.5 Å². The number of hydrogen-bond donors (Lipinski definition) is 1. The summed E-state index contributed by atoms with van der Waals surface area (Å²) < 4.78 is 5.19. The maximum atomic E-state index is 12.6. The molecule has 1 fully saturated rings. The van der Waals surface area contributed by atoms with Gasteiger partial charge in [-0.3, -0.25) is 9.59 Å². The Morgan fingerprint density at radius 1 is 1.08 bits per heavy atom. The molecule has 3 rings (SSSR count). The number of amides is 1. The predicted octanol–water partition coefficient (Wildman–Crippen LogP) is 2.74. The molecule has 0 aliphatic carbocycles. The summed E-state index contributed by atoms with van der Waals surface area (Å²) in [6, 6.07) is 8.67. The third kappa shape index (κ3) is 3.57. The first-order valence-corrected chi connectivity index (χ1v) is 8.25. The molecular formula is C19H22N2O3. The zero-order valence-electron chi connectivity index (χ0n) is 13.8. The highest BCUT2D eigenvalue weighted by Crippen LogP contribution is 2.20. The summed E-state index contributed by atoms with van der Waals surface area (Å²) in [5.74, 6) is 0.530. The minimum Gasteiger partial charge on any atom is -0.384 e. The van der Waals surface area contributed by atoms with Gasteiger partial charge in [0.25, 0.3) is 5.91 Å². The van der Waals surface area contributed by atoms with Crippen LogP contribution in [0.3, 0.4) is 0 Å². The summed E-state index contributed by atoms with van der Waals surface area (Å²) in [6.45, 7) is 2.28. The highest BCUT2D eigenvalue weighted by molar-refractivity contribution is 6.09. The van der Waals surface area contributed by atoms with Crippen LogP contribution in [-0.4, -0.2) is 48.4 Å². The Balaban J connectivity index is 1.63. The van der Waals surface area contributed by atoms with Crippen molar-refractivity contribution in [3.8, 4) is 0 Å². The van der Waals surface area contributed by atoms with Gasteiger partial charge in [-0.2, -0.15) is 0 Å². The third-order valence-electron chi connectivity index (χ3n) is 4.56. The zero-order valence-corrected chi connectivity index (χ0v) is 13.8. The van der Waals surface area contributed by atoms with Crippen molar-refractivity contribution in [2.45, 2.75) is 12.8 Å². The molecule has 0 unspecified atom stereocenters. The van der Waals surface area contributed by atoms with Crippen molar-refractivity contribution in [1.29, 1.82) is 0 Å². The van der Waals surface area contributed by atoms with Gasteiger partial charge < -0.3 is 14.6 Å². The van der Waals surface area contributed by atoms with Crippen LogP contribution in [0.5, 0.6) is 0 Å². The number of nitrogens with zero attached hydrogens (tertiary/aromatic N) is 1. The number of rotatable bonds is 5. The molecule has 0 bridgehead atoms. The predicted molar refractivity (Wildman–Crippen MR) is 91.2 cm³/mol. The van der Waals surface area contributed by atoms with Crippen molar-refractivity contribution in [3.63, 3.8) is 0 Å². The number of hydrogen-bond acceptors (Lipinski definition) is 3. The maximum Gasteiger partial charge on any atom is 0.253 e. The number of nitrogens with one attached hydrogen (secondary N) is 1. The van der Waals surface area contributed by atoms with Crippen LogP contribution in [0.4, 0.5) is 0 Å². The molecule has 1 aromatic heterocycles. The zero-order chi connectivity index (χ0) is 16.9. The van der Waals surface area contributed by atoms with Gasteiger partial charge in [-0.1, -0.05) is 12.1 Å². The van der Waals surface area contributed by atoms with Gasteiger partial charge in [0, 0.05) is 55.9 Å². The van der Waals surface area contributed by atoms with Crippen molar-refractivity contribution < 1.29 is 14.3 Å². The van der Waals surface area contributed by atoms with Gasteiger partial charge in [0.2, 0.25) is 0 Å². The number of likely N-dealkylation sites (tertiary alicyclic amines) is 1. The number of piperidine rings is 1. The topological polar surface area (TPSA) is 62.4 Å². The minimum absolute atomic E-state index is 0.0338. The first-order chi connectivity index (χ1) is 11.7. The summed E-state index contributed by atoms with van der Waals surface area (Å²) in [7, 11) is 1.72. The maximum absolute atomic E-state index is 12.6. The highest BCUT2D eigenvalue weighted by Gasteiger charge is 2.23. The molecule has 1 amide bonds. The molecule has 0 spiro atoms. The lowest BCUT2D eigenvalue weighted by molar-refractivity contribution is 0.0613. The van der Waals surface area contributed by atoms with Crippen LogP contribution in [0.15, 0.2) is 42.7 Å². The largest absolute Gasteiger partial charge is 0.384 e. The van der Waals surface area contributed by atoms with E-state index in [1.165, 1.54) is 0 Å². The highest BCUT2D eigenvalue weighted by atomic mass is 16.5. The Bertz CT molecular complexity index is 684. The second-order valence-corrected chi connectivity index (χ2v) is 6.20. The Morgan fingerprint density at radius 3 is 2.33 bits per heavy atom. The number of ether oxygens (including phenoxy) is 1.